The van der Waals surface area contributed by atoms with Gasteiger partial charge in [0.1, 0.15) is 0 Å². The monoisotopic (exact) mass is 753 g/mol. The van der Waals surface area contributed by atoms with E-state index < -0.39 is 29.3 Å². The quantitative estimate of drug-likeness (QED) is 0.0152. The van der Waals surface area contributed by atoms with Crippen molar-refractivity contribution in [1.82, 2.24) is 9.80 Å². The first-order chi connectivity index (χ1) is 26.2. The van der Waals surface area contributed by atoms with Gasteiger partial charge in [-0.25, -0.2) is 9.59 Å². The SMILES string of the molecule is CCCCCCCN(CCCC)C(CCCc1ccc(N)cc1)OC(=O)C(=O)OC(CCCc1ccc([N+](=O)[O-])cc1)N(CCCC)CCCCCCC. The van der Waals surface area contributed by atoms with Gasteiger partial charge in [-0.15, -0.1) is 0 Å². The van der Waals surface area contributed by atoms with E-state index in [1.807, 2.05) is 24.3 Å². The summed E-state index contributed by atoms with van der Waals surface area (Å²) in [4.78, 5) is 42.6. The number of unbranched alkanes of at least 4 members (excludes halogenated alkanes) is 10. The number of rotatable bonds is 31. The lowest BCUT2D eigenvalue weighted by Gasteiger charge is -2.33. The first-order valence-electron chi connectivity index (χ1n) is 21.2. The van der Waals surface area contributed by atoms with E-state index >= 15 is 0 Å². The van der Waals surface area contributed by atoms with Gasteiger partial charge in [-0.1, -0.05) is 116 Å². The van der Waals surface area contributed by atoms with Gasteiger partial charge in [0.2, 0.25) is 0 Å². The fraction of sp³-hybridized carbons (Fsp3) is 0.682. The summed E-state index contributed by atoms with van der Waals surface area (Å²) in [7, 11) is 0. The molecule has 0 heterocycles. The molecular weight excluding hydrogens is 681 g/mol. The van der Waals surface area contributed by atoms with Crippen molar-refractivity contribution in [2.24, 2.45) is 0 Å². The number of esters is 2. The van der Waals surface area contributed by atoms with Crippen LogP contribution in [0.1, 0.15) is 154 Å². The molecule has 2 aromatic rings. The highest BCUT2D eigenvalue weighted by molar-refractivity contribution is 6.29. The van der Waals surface area contributed by atoms with E-state index in [1.165, 1.54) is 56.2 Å². The molecule has 0 aliphatic heterocycles. The highest BCUT2D eigenvalue weighted by Crippen LogP contribution is 2.20. The van der Waals surface area contributed by atoms with Crippen LogP contribution in [0, 0.1) is 10.1 Å². The van der Waals surface area contributed by atoms with Gasteiger partial charge < -0.3 is 15.2 Å². The van der Waals surface area contributed by atoms with E-state index in [1.54, 1.807) is 12.1 Å². The first kappa shape index (κ1) is 46.7. The highest BCUT2D eigenvalue weighted by Gasteiger charge is 2.30. The Balaban J connectivity index is 2.23. The van der Waals surface area contributed by atoms with E-state index in [-0.39, 0.29) is 5.69 Å². The van der Waals surface area contributed by atoms with Gasteiger partial charge in [0.25, 0.3) is 5.69 Å². The van der Waals surface area contributed by atoms with Crippen LogP contribution in [0.4, 0.5) is 11.4 Å². The third kappa shape index (κ3) is 19.7. The molecule has 0 aromatic heterocycles. The van der Waals surface area contributed by atoms with Gasteiger partial charge in [-0.2, -0.15) is 0 Å². The summed E-state index contributed by atoms with van der Waals surface area (Å²) in [6.45, 7) is 11.9. The zero-order valence-corrected chi connectivity index (χ0v) is 34.1. The summed E-state index contributed by atoms with van der Waals surface area (Å²) in [6, 6.07) is 14.5. The number of nitro groups is 1. The number of nitrogen functional groups attached to an aromatic ring is 1. The summed E-state index contributed by atoms with van der Waals surface area (Å²) in [5.74, 6) is -1.87. The Bertz CT molecular complexity index is 1290. The second-order valence-electron chi connectivity index (χ2n) is 14.8. The van der Waals surface area contributed by atoms with Crippen molar-refractivity contribution in [3.63, 3.8) is 0 Å². The van der Waals surface area contributed by atoms with Gasteiger partial charge in [-0.3, -0.25) is 19.9 Å². The van der Waals surface area contributed by atoms with Crippen molar-refractivity contribution in [2.75, 3.05) is 31.9 Å². The number of anilines is 1. The summed E-state index contributed by atoms with van der Waals surface area (Å²) in [5.41, 5.74) is 8.85. The maximum atomic E-state index is 13.7. The van der Waals surface area contributed by atoms with E-state index in [0.717, 1.165) is 102 Å². The lowest BCUT2D eigenvalue weighted by molar-refractivity contribution is -0.384. The molecule has 0 bridgehead atoms. The fourth-order valence-electron chi connectivity index (χ4n) is 6.76. The van der Waals surface area contributed by atoms with Crippen molar-refractivity contribution in [3.05, 3.63) is 69.8 Å². The minimum atomic E-state index is -0.940. The van der Waals surface area contributed by atoms with E-state index in [2.05, 4.69) is 37.5 Å². The largest absolute Gasteiger partial charge is 0.438 e. The first-order valence-corrected chi connectivity index (χ1v) is 21.2. The maximum Gasteiger partial charge on any atom is 0.419 e. The predicted molar refractivity (Wildman–Crippen MR) is 220 cm³/mol. The van der Waals surface area contributed by atoms with E-state index in [0.29, 0.717) is 25.7 Å². The molecule has 0 amide bonds. The van der Waals surface area contributed by atoms with Gasteiger partial charge in [0, 0.05) is 44.0 Å². The Labute approximate surface area is 326 Å². The molecule has 10 nitrogen and oxygen atoms in total. The average Bonchev–Trinajstić information content (AvgIpc) is 3.17. The molecule has 304 valence electrons. The van der Waals surface area contributed by atoms with Gasteiger partial charge in [0.15, 0.2) is 12.5 Å². The van der Waals surface area contributed by atoms with Crippen LogP contribution in [0.5, 0.6) is 0 Å². The molecule has 54 heavy (non-hydrogen) atoms. The number of non-ortho nitro benzene ring substituents is 1. The summed E-state index contributed by atoms with van der Waals surface area (Å²) < 4.78 is 12.2. The van der Waals surface area contributed by atoms with E-state index in [9.17, 15) is 19.7 Å². The number of nitrogens with zero attached hydrogens (tertiary/aromatic N) is 3. The number of ether oxygens (including phenoxy) is 2. The van der Waals surface area contributed by atoms with Crippen molar-refractivity contribution in [1.29, 1.82) is 0 Å². The smallest absolute Gasteiger partial charge is 0.419 e. The number of aryl methyl sites for hydroxylation is 2. The molecule has 0 aliphatic rings. The third-order valence-corrected chi connectivity index (χ3v) is 10.1. The molecule has 0 fully saturated rings. The van der Waals surface area contributed by atoms with Crippen LogP contribution in [0.25, 0.3) is 0 Å². The molecule has 2 unspecified atom stereocenters. The van der Waals surface area contributed by atoms with Crippen molar-refractivity contribution >= 4 is 23.3 Å². The van der Waals surface area contributed by atoms with Crippen LogP contribution in [-0.2, 0) is 31.9 Å². The number of hydrogen-bond donors (Lipinski definition) is 1. The lowest BCUT2D eigenvalue weighted by atomic mass is 10.1. The maximum absolute atomic E-state index is 13.7. The number of hydrogen-bond acceptors (Lipinski definition) is 9. The second-order valence-corrected chi connectivity index (χ2v) is 14.8. The second kappa shape index (κ2) is 28.9. The van der Waals surface area contributed by atoms with Gasteiger partial charge in [0.05, 0.1) is 4.92 Å². The summed E-state index contributed by atoms with van der Waals surface area (Å²) in [5, 5.41) is 11.1. The van der Waals surface area contributed by atoms with Gasteiger partial charge >= 0.3 is 11.9 Å². The predicted octanol–water partition coefficient (Wildman–Crippen LogP) is 10.4. The van der Waals surface area contributed by atoms with Crippen LogP contribution in [0.15, 0.2) is 48.5 Å². The number of carbonyl (C=O) groups is 2. The van der Waals surface area contributed by atoms with Gasteiger partial charge in [-0.05, 0) is 87.5 Å². The Morgan fingerprint density at radius 2 is 0.944 bits per heavy atom. The van der Waals surface area contributed by atoms with Crippen LogP contribution in [0.2, 0.25) is 0 Å². The molecule has 0 radical (unpaired) electrons. The summed E-state index contributed by atoms with van der Waals surface area (Å²) >= 11 is 0. The lowest BCUT2D eigenvalue weighted by Crippen LogP contribution is -2.44. The molecule has 0 saturated carbocycles. The minimum Gasteiger partial charge on any atom is -0.438 e. The molecule has 0 saturated heterocycles. The molecule has 2 N–H and O–H groups in total. The Kier molecular flexibility index (Phi) is 24.9. The van der Waals surface area contributed by atoms with Crippen LogP contribution >= 0.6 is 0 Å². The van der Waals surface area contributed by atoms with E-state index in [4.69, 9.17) is 15.2 Å². The number of carbonyl (C=O) groups excluding carboxylic acids is 2. The van der Waals surface area contributed by atoms with Crippen LogP contribution < -0.4 is 5.73 Å². The fourth-order valence-corrected chi connectivity index (χ4v) is 6.76. The highest BCUT2D eigenvalue weighted by atomic mass is 16.6. The minimum absolute atomic E-state index is 0.0613. The van der Waals surface area contributed by atoms with Crippen molar-refractivity contribution in [3.8, 4) is 0 Å². The van der Waals surface area contributed by atoms with Crippen molar-refractivity contribution in [2.45, 2.75) is 169 Å². The molecule has 0 spiro atoms. The Morgan fingerprint density at radius 3 is 1.33 bits per heavy atom. The number of nitro benzene ring substituents is 1. The Morgan fingerprint density at radius 1 is 0.574 bits per heavy atom. The molecule has 2 aromatic carbocycles. The van der Waals surface area contributed by atoms with Crippen molar-refractivity contribution < 1.29 is 24.0 Å². The third-order valence-electron chi connectivity index (χ3n) is 10.1. The molecule has 0 aliphatic carbocycles. The Hall–Kier alpha value is -3.50. The number of benzene rings is 2. The molecule has 10 heteroatoms. The number of nitrogens with two attached hydrogens (primary N) is 1. The topological polar surface area (TPSA) is 128 Å². The average molecular weight is 753 g/mol. The van der Waals surface area contributed by atoms with Crippen LogP contribution in [-0.4, -0.2) is 65.3 Å². The zero-order valence-electron chi connectivity index (χ0n) is 34.1. The zero-order chi connectivity index (χ0) is 39.4. The normalized spacial score (nSPS) is 12.6. The summed E-state index contributed by atoms with van der Waals surface area (Å²) in [6.07, 6.45) is 18.3. The molecule has 2 atom stereocenters. The standard InChI is InChI=1S/C44H72N4O6/c1-5-9-13-15-17-35-46(33-11-7-3)41(23-19-21-37-25-29-39(45)30-26-37)53-43(49)44(50)54-42(47(34-12-8-4)36-18-16-14-10-6-2)24-20-22-38-27-31-40(32-28-38)48(51)52/h25-32,41-42H,5-24,33-36,45H2,1-4H3. The molecule has 2 rings (SSSR count). The molecular formula is C44H72N4O6. The van der Waals surface area contributed by atoms with Crippen LogP contribution in [0.3, 0.4) is 0 Å².